The number of allylic oxidation sites excluding steroid dienone is 2. The van der Waals surface area contributed by atoms with Gasteiger partial charge >= 0.3 is 0 Å². The molecule has 0 aromatic heterocycles. The van der Waals surface area contributed by atoms with Crippen LogP contribution in [0.1, 0.15) is 36.1 Å². The van der Waals surface area contributed by atoms with Crippen molar-refractivity contribution in [1.82, 2.24) is 0 Å². The van der Waals surface area contributed by atoms with Gasteiger partial charge in [-0.15, -0.1) is 0 Å². The molecule has 0 amide bonds. The molecule has 260 valence electrons. The second kappa shape index (κ2) is 12.5. The molecule has 0 heterocycles. The standard InChI is InChI=1S/C44H44N8/c1-5-11-29-31(21(3)39(47)44(52)41(29)49)23-17-19-24(20-18-23)32-25-13-7-9-15-27(25)33(28-16-10-8-14-26(28)32)34-35-36(38(46)22(4)37(34)45)40(48)30(12-6-2)42(50)43(35)51/h5-20H,45-52H2,1-4H3/b11-5+,12-6+. The molecule has 0 bridgehead atoms. The van der Waals surface area contributed by atoms with Crippen LogP contribution in [0.3, 0.4) is 0 Å². The van der Waals surface area contributed by atoms with E-state index >= 15 is 0 Å². The molecule has 0 atom stereocenters. The lowest BCUT2D eigenvalue weighted by molar-refractivity contribution is 1.44. The molecule has 0 saturated heterocycles. The quantitative estimate of drug-likeness (QED) is 0.0645. The highest BCUT2D eigenvalue weighted by atomic mass is 14.8. The third kappa shape index (κ3) is 4.75. The van der Waals surface area contributed by atoms with E-state index in [2.05, 4.69) is 60.7 Å². The van der Waals surface area contributed by atoms with Crippen LogP contribution in [0.5, 0.6) is 0 Å². The van der Waals surface area contributed by atoms with Crippen LogP contribution in [0, 0.1) is 13.8 Å². The Morgan fingerprint density at radius 1 is 0.365 bits per heavy atom. The third-order valence-electron chi connectivity index (χ3n) is 10.5. The van der Waals surface area contributed by atoms with E-state index in [1.54, 1.807) is 0 Å². The SMILES string of the molecule is C/C=C/c1c(N)c(N)c(N)c(C)c1-c1ccc(-c2c3ccccc3c(-c3c(N)c(C)c(N)c4c(N)c(/C=C/C)c(N)c(N)c34)c3ccccc23)cc1. The van der Waals surface area contributed by atoms with Gasteiger partial charge in [-0.1, -0.05) is 97.1 Å². The lowest BCUT2D eigenvalue weighted by Gasteiger charge is -2.24. The number of hydrogen-bond donors (Lipinski definition) is 8. The average Bonchev–Trinajstić information content (AvgIpc) is 3.15. The predicted octanol–water partition coefficient (Wildman–Crippen LogP) is 9.49. The van der Waals surface area contributed by atoms with E-state index in [4.69, 9.17) is 45.9 Å². The number of hydrogen-bond acceptors (Lipinski definition) is 8. The second-order valence-corrected chi connectivity index (χ2v) is 13.3. The van der Waals surface area contributed by atoms with Crippen LogP contribution in [-0.4, -0.2) is 0 Å². The van der Waals surface area contributed by atoms with E-state index in [9.17, 15) is 0 Å². The van der Waals surface area contributed by atoms with E-state index in [0.29, 0.717) is 61.8 Å². The Morgan fingerprint density at radius 3 is 1.35 bits per heavy atom. The molecule has 0 fully saturated rings. The second-order valence-electron chi connectivity index (χ2n) is 13.3. The van der Waals surface area contributed by atoms with Crippen molar-refractivity contribution in [3.05, 3.63) is 107 Å². The highest BCUT2D eigenvalue weighted by molar-refractivity contribution is 6.30. The van der Waals surface area contributed by atoms with Gasteiger partial charge in [-0.2, -0.15) is 0 Å². The number of benzene rings is 7. The summed E-state index contributed by atoms with van der Waals surface area (Å²) in [5.41, 5.74) is 66.0. The van der Waals surface area contributed by atoms with Crippen molar-refractivity contribution < 1.29 is 0 Å². The molecule has 0 saturated carbocycles. The number of nitrogens with two attached hydrogens (primary N) is 8. The van der Waals surface area contributed by atoms with Gasteiger partial charge in [0.05, 0.1) is 34.1 Å². The van der Waals surface area contributed by atoms with Crippen molar-refractivity contribution in [2.75, 3.05) is 45.9 Å². The van der Waals surface area contributed by atoms with Crippen molar-refractivity contribution >= 4 is 90.0 Å². The van der Waals surface area contributed by atoms with Gasteiger partial charge in [0.2, 0.25) is 0 Å². The molecule has 16 N–H and O–H groups in total. The summed E-state index contributed by atoms with van der Waals surface area (Å²) in [6.07, 6.45) is 7.67. The molecule has 0 aliphatic heterocycles. The lowest BCUT2D eigenvalue weighted by atomic mass is 9.81. The topological polar surface area (TPSA) is 208 Å². The maximum Gasteiger partial charge on any atom is 0.0790 e. The molecule has 8 nitrogen and oxygen atoms in total. The number of nitrogen functional groups attached to an aromatic ring is 8. The van der Waals surface area contributed by atoms with Crippen molar-refractivity contribution in [1.29, 1.82) is 0 Å². The van der Waals surface area contributed by atoms with Gasteiger partial charge in [0.1, 0.15) is 0 Å². The van der Waals surface area contributed by atoms with Crippen LogP contribution in [0.15, 0.2) is 84.9 Å². The molecule has 0 radical (unpaired) electrons. The first-order chi connectivity index (χ1) is 24.9. The number of rotatable bonds is 5. The fourth-order valence-corrected chi connectivity index (χ4v) is 7.82. The van der Waals surface area contributed by atoms with Gasteiger partial charge in [-0.25, -0.2) is 0 Å². The van der Waals surface area contributed by atoms with Crippen molar-refractivity contribution in [2.45, 2.75) is 27.7 Å². The molecule has 8 heteroatoms. The molecule has 0 unspecified atom stereocenters. The predicted molar refractivity (Wildman–Crippen MR) is 229 cm³/mol. The van der Waals surface area contributed by atoms with Gasteiger partial charge in [0.25, 0.3) is 0 Å². The summed E-state index contributed by atoms with van der Waals surface area (Å²) in [5, 5.41) is 5.37. The number of fused-ring (bicyclic) bond motifs is 3. The van der Waals surface area contributed by atoms with Crippen LogP contribution in [-0.2, 0) is 0 Å². The van der Waals surface area contributed by atoms with E-state index < -0.39 is 0 Å². The van der Waals surface area contributed by atoms with Crippen LogP contribution >= 0.6 is 0 Å². The maximum atomic E-state index is 7.07. The molecule has 0 aliphatic carbocycles. The van der Waals surface area contributed by atoms with E-state index in [-0.39, 0.29) is 0 Å². The summed E-state index contributed by atoms with van der Waals surface area (Å²) in [7, 11) is 0. The Bertz CT molecular complexity index is 2630. The summed E-state index contributed by atoms with van der Waals surface area (Å²) in [4.78, 5) is 0. The zero-order valence-corrected chi connectivity index (χ0v) is 29.9. The Morgan fingerprint density at radius 2 is 0.827 bits per heavy atom. The Kier molecular flexibility index (Phi) is 8.10. The summed E-state index contributed by atoms with van der Waals surface area (Å²) < 4.78 is 0. The first-order valence-corrected chi connectivity index (χ1v) is 17.2. The molecular formula is C44H44N8. The van der Waals surface area contributed by atoms with Crippen molar-refractivity contribution in [2.24, 2.45) is 0 Å². The molecule has 0 aliphatic rings. The normalized spacial score (nSPS) is 11.9. The third-order valence-corrected chi connectivity index (χ3v) is 10.5. The smallest absolute Gasteiger partial charge is 0.0790 e. The molecule has 7 rings (SSSR count). The Hall–Kier alpha value is -6.80. The zero-order chi connectivity index (χ0) is 37.2. The number of anilines is 8. The minimum absolute atomic E-state index is 0.384. The van der Waals surface area contributed by atoms with E-state index in [1.807, 2.05) is 64.1 Å². The van der Waals surface area contributed by atoms with E-state index in [1.165, 1.54) is 0 Å². The van der Waals surface area contributed by atoms with Gasteiger partial charge in [-0.3, -0.25) is 0 Å². The molecule has 7 aromatic carbocycles. The van der Waals surface area contributed by atoms with Crippen LogP contribution in [0.4, 0.5) is 45.5 Å². The largest absolute Gasteiger partial charge is 0.398 e. The van der Waals surface area contributed by atoms with E-state index in [0.717, 1.165) is 71.6 Å². The van der Waals surface area contributed by atoms with Crippen molar-refractivity contribution in [3.63, 3.8) is 0 Å². The summed E-state index contributed by atoms with van der Waals surface area (Å²) in [6.45, 7) is 7.75. The summed E-state index contributed by atoms with van der Waals surface area (Å²) >= 11 is 0. The average molecular weight is 685 g/mol. The van der Waals surface area contributed by atoms with Crippen molar-refractivity contribution in [3.8, 4) is 33.4 Å². The molecule has 0 spiro atoms. The maximum absolute atomic E-state index is 7.07. The van der Waals surface area contributed by atoms with Gasteiger partial charge in [0.15, 0.2) is 0 Å². The summed E-state index contributed by atoms with van der Waals surface area (Å²) in [6, 6.07) is 25.2. The Balaban J connectivity index is 1.57. The molecule has 7 aromatic rings. The van der Waals surface area contributed by atoms with Gasteiger partial charge in [0, 0.05) is 44.4 Å². The lowest BCUT2D eigenvalue weighted by Crippen LogP contribution is -2.09. The zero-order valence-electron chi connectivity index (χ0n) is 29.9. The highest BCUT2D eigenvalue weighted by Crippen LogP contribution is 2.53. The first kappa shape index (κ1) is 33.7. The van der Waals surface area contributed by atoms with Gasteiger partial charge in [-0.05, 0) is 82.6 Å². The van der Waals surface area contributed by atoms with Crippen LogP contribution in [0.2, 0.25) is 0 Å². The summed E-state index contributed by atoms with van der Waals surface area (Å²) in [5.74, 6) is 0. The minimum atomic E-state index is 0.384. The first-order valence-electron chi connectivity index (χ1n) is 17.2. The van der Waals surface area contributed by atoms with Crippen LogP contribution in [0.25, 0.3) is 77.9 Å². The fourth-order valence-electron chi connectivity index (χ4n) is 7.82. The Labute approximate surface area is 303 Å². The molecular weight excluding hydrogens is 641 g/mol. The highest BCUT2D eigenvalue weighted by Gasteiger charge is 2.26. The monoisotopic (exact) mass is 684 g/mol. The van der Waals surface area contributed by atoms with Gasteiger partial charge < -0.3 is 45.9 Å². The fraction of sp³-hybridized carbons (Fsp3) is 0.0909. The molecule has 52 heavy (non-hydrogen) atoms. The van der Waals surface area contributed by atoms with Crippen LogP contribution < -0.4 is 45.9 Å². The minimum Gasteiger partial charge on any atom is -0.398 e.